The Hall–Kier alpha value is -1.64. The van der Waals surface area contributed by atoms with Gasteiger partial charge in [-0.3, -0.25) is 0 Å². The van der Waals surface area contributed by atoms with Crippen molar-refractivity contribution in [2.75, 3.05) is 6.61 Å². The molecular formula is C11H9FO2. The number of cyclic esters (lactones) is 1. The lowest BCUT2D eigenvalue weighted by Gasteiger charge is -2.12. The van der Waals surface area contributed by atoms with Crippen LogP contribution in [0.2, 0.25) is 0 Å². The maximum Gasteiger partial charge on any atom is 0.338 e. The van der Waals surface area contributed by atoms with E-state index < -0.39 is 0 Å². The van der Waals surface area contributed by atoms with Gasteiger partial charge in [0.15, 0.2) is 0 Å². The minimum absolute atomic E-state index is 0.346. The van der Waals surface area contributed by atoms with Gasteiger partial charge in [0.05, 0.1) is 12.2 Å². The predicted molar refractivity (Wildman–Crippen MR) is 50.0 cm³/mol. The van der Waals surface area contributed by atoms with E-state index in [2.05, 4.69) is 0 Å². The third-order valence-corrected chi connectivity index (χ3v) is 2.06. The summed E-state index contributed by atoms with van der Waals surface area (Å²) in [4.78, 5) is 11.3. The third-order valence-electron chi connectivity index (χ3n) is 2.06. The van der Waals surface area contributed by atoms with Crippen molar-refractivity contribution in [2.24, 2.45) is 0 Å². The van der Waals surface area contributed by atoms with Gasteiger partial charge in [0.2, 0.25) is 0 Å². The molecule has 0 aliphatic carbocycles. The van der Waals surface area contributed by atoms with E-state index in [4.69, 9.17) is 4.74 Å². The van der Waals surface area contributed by atoms with Gasteiger partial charge in [0.1, 0.15) is 5.82 Å². The number of benzene rings is 1. The fraction of sp³-hybridized carbons (Fsp3) is 0.182. The Balaban J connectivity index is 2.39. The zero-order valence-corrected chi connectivity index (χ0v) is 7.50. The van der Waals surface area contributed by atoms with Crippen LogP contribution in [-0.4, -0.2) is 12.6 Å². The molecule has 3 heteroatoms. The summed E-state index contributed by atoms with van der Waals surface area (Å²) in [5, 5.41) is 0. The molecule has 1 aromatic rings. The van der Waals surface area contributed by atoms with Crippen molar-refractivity contribution in [3.63, 3.8) is 0 Å². The molecule has 1 aliphatic heterocycles. The first kappa shape index (κ1) is 8.94. The molecular weight excluding hydrogens is 183 g/mol. The van der Waals surface area contributed by atoms with Crippen molar-refractivity contribution in [1.29, 1.82) is 0 Å². The summed E-state index contributed by atoms with van der Waals surface area (Å²) < 4.78 is 17.7. The molecule has 0 spiro atoms. The number of rotatable bonds is 1. The van der Waals surface area contributed by atoms with Crippen LogP contribution in [0.25, 0.3) is 5.57 Å². The number of carbonyl (C=O) groups is 1. The molecule has 0 bridgehead atoms. The number of hydrogen-bond donors (Lipinski definition) is 0. The molecule has 0 saturated heterocycles. The summed E-state index contributed by atoms with van der Waals surface area (Å²) in [5.74, 6) is -0.719. The summed E-state index contributed by atoms with van der Waals surface area (Å²) >= 11 is 0. The molecule has 0 radical (unpaired) electrons. The Morgan fingerprint density at radius 3 is 2.93 bits per heavy atom. The van der Waals surface area contributed by atoms with Crippen molar-refractivity contribution in [1.82, 2.24) is 0 Å². The van der Waals surface area contributed by atoms with Crippen LogP contribution in [-0.2, 0) is 9.53 Å². The van der Waals surface area contributed by atoms with Crippen molar-refractivity contribution >= 4 is 11.5 Å². The van der Waals surface area contributed by atoms with E-state index in [1.165, 1.54) is 12.1 Å². The smallest absolute Gasteiger partial charge is 0.338 e. The summed E-state index contributed by atoms with van der Waals surface area (Å²) in [7, 11) is 0. The van der Waals surface area contributed by atoms with Gasteiger partial charge in [-0.25, -0.2) is 9.18 Å². The number of halogens is 1. The third kappa shape index (κ3) is 1.66. The second-order valence-corrected chi connectivity index (χ2v) is 3.05. The maximum absolute atomic E-state index is 12.9. The van der Waals surface area contributed by atoms with Crippen LogP contribution in [0.1, 0.15) is 12.0 Å². The Labute approximate surface area is 81.0 Å². The highest BCUT2D eigenvalue weighted by atomic mass is 19.1. The summed E-state index contributed by atoms with van der Waals surface area (Å²) in [6.45, 7) is 0.414. The molecule has 1 heterocycles. The predicted octanol–water partition coefficient (Wildman–Crippen LogP) is 2.16. The molecule has 0 unspecified atom stereocenters. The van der Waals surface area contributed by atoms with Crippen molar-refractivity contribution < 1.29 is 13.9 Å². The molecule has 1 aliphatic rings. The number of esters is 1. The minimum Gasteiger partial charge on any atom is -0.462 e. The van der Waals surface area contributed by atoms with Gasteiger partial charge >= 0.3 is 5.97 Å². The molecule has 14 heavy (non-hydrogen) atoms. The Morgan fingerprint density at radius 1 is 1.36 bits per heavy atom. The standard InChI is InChI=1S/C11H9FO2/c12-9-4-1-3-8(7-9)10-5-2-6-14-11(10)13/h1,3-5,7H,2,6H2. The van der Waals surface area contributed by atoms with E-state index in [0.717, 1.165) is 0 Å². The number of ether oxygens (including phenoxy) is 1. The summed E-state index contributed by atoms with van der Waals surface area (Å²) in [5.41, 5.74) is 1.03. The molecule has 0 fully saturated rings. The van der Waals surface area contributed by atoms with Gasteiger partial charge in [0.25, 0.3) is 0 Å². The van der Waals surface area contributed by atoms with Gasteiger partial charge in [-0.1, -0.05) is 18.2 Å². The fourth-order valence-corrected chi connectivity index (χ4v) is 1.41. The second-order valence-electron chi connectivity index (χ2n) is 3.05. The van der Waals surface area contributed by atoms with Crippen molar-refractivity contribution in [3.8, 4) is 0 Å². The molecule has 1 aromatic carbocycles. The van der Waals surface area contributed by atoms with Crippen LogP contribution in [0, 0.1) is 5.82 Å². The van der Waals surface area contributed by atoms with E-state index in [9.17, 15) is 9.18 Å². The Kier molecular flexibility index (Phi) is 2.31. The van der Waals surface area contributed by atoms with Crippen LogP contribution >= 0.6 is 0 Å². The highest BCUT2D eigenvalue weighted by Gasteiger charge is 2.16. The van der Waals surface area contributed by atoms with Crippen LogP contribution in [0.15, 0.2) is 30.3 Å². The molecule has 2 rings (SSSR count). The average molecular weight is 192 g/mol. The molecule has 72 valence electrons. The molecule has 2 nitrogen and oxygen atoms in total. The van der Waals surface area contributed by atoms with Crippen LogP contribution in [0.3, 0.4) is 0 Å². The van der Waals surface area contributed by atoms with Gasteiger partial charge in [-0.05, 0) is 17.7 Å². The summed E-state index contributed by atoms with van der Waals surface area (Å²) in [6, 6.07) is 5.95. The quantitative estimate of drug-likeness (QED) is 0.637. The lowest BCUT2D eigenvalue weighted by atomic mass is 10.0. The average Bonchev–Trinajstić information content (AvgIpc) is 2.18. The molecule has 0 atom stereocenters. The monoisotopic (exact) mass is 192 g/mol. The molecule has 0 N–H and O–H groups in total. The highest BCUT2D eigenvalue weighted by molar-refractivity contribution is 6.16. The maximum atomic E-state index is 12.9. The van der Waals surface area contributed by atoms with Crippen LogP contribution in [0.5, 0.6) is 0 Å². The fourth-order valence-electron chi connectivity index (χ4n) is 1.41. The van der Waals surface area contributed by atoms with Gasteiger partial charge in [0, 0.05) is 6.42 Å². The van der Waals surface area contributed by atoms with E-state index in [-0.39, 0.29) is 11.8 Å². The highest BCUT2D eigenvalue weighted by Crippen LogP contribution is 2.20. The van der Waals surface area contributed by atoms with Crippen LogP contribution < -0.4 is 0 Å². The second kappa shape index (κ2) is 3.62. The number of hydrogen-bond acceptors (Lipinski definition) is 2. The summed E-state index contributed by atoms with van der Waals surface area (Å²) in [6.07, 6.45) is 2.47. The lowest BCUT2D eigenvalue weighted by molar-refractivity contribution is -0.137. The van der Waals surface area contributed by atoms with Crippen molar-refractivity contribution in [2.45, 2.75) is 6.42 Å². The molecule has 0 amide bonds. The zero-order valence-electron chi connectivity index (χ0n) is 7.50. The Morgan fingerprint density at radius 2 is 2.21 bits per heavy atom. The van der Waals surface area contributed by atoms with Gasteiger partial charge < -0.3 is 4.74 Å². The topological polar surface area (TPSA) is 26.3 Å². The first-order valence-electron chi connectivity index (χ1n) is 4.40. The Bertz CT molecular complexity index is 396. The van der Waals surface area contributed by atoms with E-state index >= 15 is 0 Å². The molecule has 0 aromatic heterocycles. The lowest BCUT2D eigenvalue weighted by Crippen LogP contribution is -2.12. The van der Waals surface area contributed by atoms with E-state index in [0.29, 0.717) is 24.2 Å². The minimum atomic E-state index is -0.373. The first-order chi connectivity index (χ1) is 6.77. The van der Waals surface area contributed by atoms with E-state index in [1.54, 1.807) is 18.2 Å². The van der Waals surface area contributed by atoms with Gasteiger partial charge in [-0.15, -0.1) is 0 Å². The van der Waals surface area contributed by atoms with E-state index in [1.807, 2.05) is 0 Å². The normalized spacial score (nSPS) is 16.1. The van der Waals surface area contributed by atoms with Crippen molar-refractivity contribution in [3.05, 3.63) is 41.7 Å². The molecule has 0 saturated carbocycles. The zero-order chi connectivity index (χ0) is 9.97. The largest absolute Gasteiger partial charge is 0.462 e. The van der Waals surface area contributed by atoms with Crippen LogP contribution in [0.4, 0.5) is 4.39 Å². The number of carbonyl (C=O) groups excluding carboxylic acids is 1. The first-order valence-corrected chi connectivity index (χ1v) is 4.40. The SMILES string of the molecule is O=C1OCCC=C1c1cccc(F)c1. The van der Waals surface area contributed by atoms with Gasteiger partial charge in [-0.2, -0.15) is 0 Å².